The molecule has 1 N–H and O–H groups in total. The summed E-state index contributed by atoms with van der Waals surface area (Å²) in [5.41, 5.74) is 1.46. The maximum atomic E-state index is 12.6. The van der Waals surface area contributed by atoms with E-state index in [1.165, 1.54) is 33.3 Å². The van der Waals surface area contributed by atoms with Gasteiger partial charge in [0.2, 0.25) is 17.7 Å². The van der Waals surface area contributed by atoms with Gasteiger partial charge in [-0.15, -0.1) is 23.5 Å². The second-order valence-electron chi connectivity index (χ2n) is 6.23. The van der Waals surface area contributed by atoms with Gasteiger partial charge in [-0.25, -0.2) is 0 Å². The highest BCUT2D eigenvalue weighted by atomic mass is 32.2. The Morgan fingerprint density at radius 3 is 2.68 bits per heavy atom. The first-order chi connectivity index (χ1) is 13.5. The van der Waals surface area contributed by atoms with E-state index in [0.29, 0.717) is 5.75 Å². The molecule has 2 aromatic rings. The molecule has 0 atom stereocenters. The van der Waals surface area contributed by atoms with Crippen molar-refractivity contribution < 1.29 is 14.4 Å². The summed E-state index contributed by atoms with van der Waals surface area (Å²) in [6.07, 6.45) is 1.94. The SMILES string of the molecule is CSc1ccccc1NC(=O)CN(C)C(=O)CN1C(=O)CSc2ccccc21. The average molecular weight is 416 g/mol. The van der Waals surface area contributed by atoms with Gasteiger partial charge in [0.05, 0.1) is 23.7 Å². The third-order valence-electron chi connectivity index (χ3n) is 4.29. The molecule has 0 saturated carbocycles. The van der Waals surface area contributed by atoms with Gasteiger partial charge >= 0.3 is 0 Å². The van der Waals surface area contributed by atoms with Crippen molar-refractivity contribution in [3.05, 3.63) is 48.5 Å². The van der Waals surface area contributed by atoms with Crippen molar-refractivity contribution in [3.63, 3.8) is 0 Å². The Labute approximate surface area is 172 Å². The molecule has 28 heavy (non-hydrogen) atoms. The van der Waals surface area contributed by atoms with Gasteiger partial charge in [-0.1, -0.05) is 24.3 Å². The number of amides is 3. The molecule has 0 radical (unpaired) electrons. The summed E-state index contributed by atoms with van der Waals surface area (Å²) < 4.78 is 0. The van der Waals surface area contributed by atoms with Gasteiger partial charge in [-0.2, -0.15) is 0 Å². The van der Waals surface area contributed by atoms with E-state index in [4.69, 9.17) is 0 Å². The molecule has 0 bridgehead atoms. The van der Waals surface area contributed by atoms with Crippen LogP contribution in [-0.2, 0) is 14.4 Å². The Hall–Kier alpha value is -2.45. The van der Waals surface area contributed by atoms with Crippen molar-refractivity contribution in [1.82, 2.24) is 4.90 Å². The van der Waals surface area contributed by atoms with Crippen molar-refractivity contribution >= 4 is 52.6 Å². The van der Waals surface area contributed by atoms with Crippen LogP contribution in [0.2, 0.25) is 0 Å². The molecule has 146 valence electrons. The number of anilines is 2. The lowest BCUT2D eigenvalue weighted by Crippen LogP contribution is -2.45. The minimum atomic E-state index is -0.289. The zero-order valence-corrected chi connectivity index (χ0v) is 17.3. The Morgan fingerprint density at radius 1 is 1.18 bits per heavy atom. The molecule has 3 amide bonds. The number of para-hydroxylation sites is 2. The normalized spacial score (nSPS) is 13.1. The summed E-state index contributed by atoms with van der Waals surface area (Å²) in [6, 6.07) is 15.0. The molecule has 1 aliphatic rings. The van der Waals surface area contributed by atoms with Crippen LogP contribution in [0.5, 0.6) is 0 Å². The molecule has 6 nitrogen and oxygen atoms in total. The fourth-order valence-corrected chi connectivity index (χ4v) is 4.31. The quantitative estimate of drug-likeness (QED) is 0.735. The number of hydrogen-bond acceptors (Lipinski definition) is 5. The van der Waals surface area contributed by atoms with E-state index >= 15 is 0 Å². The van der Waals surface area contributed by atoms with E-state index in [1.54, 1.807) is 7.05 Å². The smallest absolute Gasteiger partial charge is 0.244 e. The first-order valence-corrected chi connectivity index (χ1v) is 10.9. The molecule has 0 saturated heterocycles. The van der Waals surface area contributed by atoms with E-state index in [2.05, 4.69) is 5.32 Å². The van der Waals surface area contributed by atoms with Crippen LogP contribution in [-0.4, -0.2) is 54.8 Å². The molecular formula is C20H21N3O3S2. The largest absolute Gasteiger partial charge is 0.335 e. The number of benzene rings is 2. The van der Waals surface area contributed by atoms with Gasteiger partial charge in [0.1, 0.15) is 6.54 Å². The van der Waals surface area contributed by atoms with Crippen molar-refractivity contribution in [2.24, 2.45) is 0 Å². The lowest BCUT2D eigenvalue weighted by atomic mass is 10.2. The molecule has 2 aromatic carbocycles. The molecule has 1 aliphatic heterocycles. The highest BCUT2D eigenvalue weighted by Gasteiger charge is 2.27. The summed E-state index contributed by atoms with van der Waals surface area (Å²) in [5.74, 6) is -0.370. The third-order valence-corrected chi connectivity index (χ3v) is 6.13. The van der Waals surface area contributed by atoms with Crippen molar-refractivity contribution in [2.45, 2.75) is 9.79 Å². The van der Waals surface area contributed by atoms with Crippen molar-refractivity contribution in [3.8, 4) is 0 Å². The minimum Gasteiger partial charge on any atom is -0.335 e. The molecule has 0 spiro atoms. The van der Waals surface area contributed by atoms with E-state index < -0.39 is 0 Å². The number of thioether (sulfide) groups is 2. The maximum Gasteiger partial charge on any atom is 0.244 e. The number of nitrogens with one attached hydrogen (secondary N) is 1. The highest BCUT2D eigenvalue weighted by Crippen LogP contribution is 2.34. The molecule has 8 heteroatoms. The summed E-state index contributed by atoms with van der Waals surface area (Å²) in [7, 11) is 1.57. The number of fused-ring (bicyclic) bond motifs is 1. The molecule has 0 fully saturated rings. The summed E-state index contributed by atoms with van der Waals surface area (Å²) in [5, 5.41) is 2.84. The van der Waals surface area contributed by atoms with Crippen LogP contribution in [0.3, 0.4) is 0 Å². The predicted molar refractivity (Wildman–Crippen MR) is 114 cm³/mol. The lowest BCUT2D eigenvalue weighted by molar-refractivity contribution is -0.133. The minimum absolute atomic E-state index is 0.0818. The molecule has 1 heterocycles. The second kappa shape index (κ2) is 9.16. The fraction of sp³-hybridized carbons (Fsp3) is 0.250. The Morgan fingerprint density at radius 2 is 1.89 bits per heavy atom. The summed E-state index contributed by atoms with van der Waals surface area (Å²) in [4.78, 5) is 42.0. The maximum absolute atomic E-state index is 12.6. The molecule has 0 aromatic heterocycles. The topological polar surface area (TPSA) is 69.7 Å². The van der Waals surface area contributed by atoms with Crippen molar-refractivity contribution in [1.29, 1.82) is 0 Å². The van der Waals surface area contributed by atoms with E-state index in [9.17, 15) is 14.4 Å². The molecule has 3 rings (SSSR count). The van der Waals surface area contributed by atoms with Gasteiger partial charge in [0.25, 0.3) is 0 Å². The van der Waals surface area contributed by atoms with Crippen LogP contribution >= 0.6 is 23.5 Å². The highest BCUT2D eigenvalue weighted by molar-refractivity contribution is 8.00. The van der Waals surface area contributed by atoms with Gasteiger partial charge in [0.15, 0.2) is 0 Å². The number of carbonyl (C=O) groups excluding carboxylic acids is 3. The first kappa shape index (κ1) is 20.3. The monoisotopic (exact) mass is 415 g/mol. The Balaban J connectivity index is 1.62. The van der Waals surface area contributed by atoms with Gasteiger partial charge < -0.3 is 15.1 Å². The average Bonchev–Trinajstić information content (AvgIpc) is 2.70. The van der Waals surface area contributed by atoms with Crippen LogP contribution < -0.4 is 10.2 Å². The van der Waals surface area contributed by atoms with Crippen LogP contribution in [0.4, 0.5) is 11.4 Å². The zero-order chi connectivity index (χ0) is 20.1. The molecule has 0 unspecified atom stereocenters. The van der Waals surface area contributed by atoms with Gasteiger partial charge in [-0.3, -0.25) is 14.4 Å². The second-order valence-corrected chi connectivity index (χ2v) is 8.10. The first-order valence-electron chi connectivity index (χ1n) is 8.68. The van der Waals surface area contributed by atoms with Crippen LogP contribution in [0, 0.1) is 0 Å². The van der Waals surface area contributed by atoms with E-state index in [-0.39, 0.29) is 30.8 Å². The lowest BCUT2D eigenvalue weighted by Gasteiger charge is -2.29. The molecule has 0 aliphatic carbocycles. The zero-order valence-electron chi connectivity index (χ0n) is 15.7. The van der Waals surface area contributed by atoms with Crippen molar-refractivity contribution in [2.75, 3.05) is 42.4 Å². The van der Waals surface area contributed by atoms with Crippen LogP contribution in [0.1, 0.15) is 0 Å². The fourth-order valence-electron chi connectivity index (χ4n) is 2.82. The Bertz CT molecular complexity index is 904. The van der Waals surface area contributed by atoms with E-state index in [1.807, 2.05) is 54.8 Å². The number of rotatable bonds is 6. The summed E-state index contributed by atoms with van der Waals surface area (Å²) in [6.45, 7) is -0.165. The molecular weight excluding hydrogens is 394 g/mol. The third kappa shape index (κ3) is 4.69. The number of hydrogen-bond donors (Lipinski definition) is 1. The Kier molecular flexibility index (Phi) is 6.64. The van der Waals surface area contributed by atoms with E-state index in [0.717, 1.165) is 21.2 Å². The van der Waals surface area contributed by atoms with Gasteiger partial charge in [-0.05, 0) is 30.5 Å². The summed E-state index contributed by atoms with van der Waals surface area (Å²) >= 11 is 3.01. The standard InChI is InChI=1S/C20H21N3O3S2/c1-22(11-18(24)21-14-7-3-5-9-16(14)27-2)19(25)12-23-15-8-4-6-10-17(15)28-13-20(23)26/h3-10H,11-13H2,1-2H3,(H,21,24). The van der Waals surface area contributed by atoms with Crippen LogP contribution in [0.15, 0.2) is 58.3 Å². The number of carbonyl (C=O) groups is 3. The van der Waals surface area contributed by atoms with Gasteiger partial charge in [0, 0.05) is 16.8 Å². The van der Waals surface area contributed by atoms with Crippen LogP contribution in [0.25, 0.3) is 0 Å². The number of likely N-dealkylation sites (N-methyl/N-ethyl adjacent to an activating group) is 1. The number of nitrogens with zero attached hydrogens (tertiary/aromatic N) is 2. The predicted octanol–water partition coefficient (Wildman–Crippen LogP) is 2.94.